The Bertz CT molecular complexity index is 528. The SMILES string of the molecule is CC(C)(C)c1ccc(OC(=O)NC(C(F)(F)F)C(F)(F)F)cc1. The summed E-state index contributed by atoms with van der Waals surface area (Å²) in [5.74, 6) is -0.168. The third-order valence-electron chi connectivity index (χ3n) is 2.85. The molecular formula is C14H15F6NO2. The highest BCUT2D eigenvalue weighted by Crippen LogP contribution is 2.33. The molecule has 0 heterocycles. The predicted molar refractivity (Wildman–Crippen MR) is 70.2 cm³/mol. The molecule has 1 N–H and O–H groups in total. The van der Waals surface area contributed by atoms with Gasteiger partial charge in [0.2, 0.25) is 6.04 Å². The minimum atomic E-state index is -5.67. The van der Waals surface area contributed by atoms with E-state index in [4.69, 9.17) is 0 Å². The first-order valence-electron chi connectivity index (χ1n) is 6.43. The molecular weight excluding hydrogens is 328 g/mol. The summed E-state index contributed by atoms with van der Waals surface area (Å²) >= 11 is 0. The number of hydrogen-bond acceptors (Lipinski definition) is 2. The summed E-state index contributed by atoms with van der Waals surface area (Å²) in [4.78, 5) is 11.3. The molecule has 1 aromatic carbocycles. The van der Waals surface area contributed by atoms with Crippen molar-refractivity contribution in [1.82, 2.24) is 5.32 Å². The number of halogens is 6. The van der Waals surface area contributed by atoms with Crippen LogP contribution in [0, 0.1) is 0 Å². The van der Waals surface area contributed by atoms with Gasteiger partial charge >= 0.3 is 18.4 Å². The van der Waals surface area contributed by atoms with Gasteiger partial charge in [-0.1, -0.05) is 32.9 Å². The van der Waals surface area contributed by atoms with Crippen molar-refractivity contribution in [1.29, 1.82) is 0 Å². The molecule has 0 atom stereocenters. The van der Waals surface area contributed by atoms with Gasteiger partial charge < -0.3 is 10.1 Å². The van der Waals surface area contributed by atoms with E-state index in [1.54, 1.807) is 12.1 Å². The summed E-state index contributed by atoms with van der Waals surface area (Å²) in [6, 6.07) is 1.71. The van der Waals surface area contributed by atoms with Gasteiger partial charge in [-0.15, -0.1) is 0 Å². The lowest BCUT2D eigenvalue weighted by Crippen LogP contribution is -2.55. The molecule has 0 spiro atoms. The van der Waals surface area contributed by atoms with Crippen molar-refractivity contribution in [3.05, 3.63) is 29.8 Å². The van der Waals surface area contributed by atoms with Crippen LogP contribution < -0.4 is 10.1 Å². The first-order valence-corrected chi connectivity index (χ1v) is 6.43. The lowest BCUT2D eigenvalue weighted by molar-refractivity contribution is -0.255. The number of rotatable bonds is 2. The van der Waals surface area contributed by atoms with Gasteiger partial charge in [-0.05, 0) is 23.1 Å². The molecule has 0 saturated heterocycles. The second-order valence-corrected chi connectivity index (χ2v) is 5.82. The first kappa shape index (κ1) is 19.1. The fourth-order valence-electron chi connectivity index (χ4n) is 1.63. The van der Waals surface area contributed by atoms with Crippen LogP contribution in [0.1, 0.15) is 26.3 Å². The average molecular weight is 343 g/mol. The van der Waals surface area contributed by atoms with Gasteiger partial charge in [0, 0.05) is 0 Å². The van der Waals surface area contributed by atoms with E-state index in [9.17, 15) is 31.1 Å². The highest BCUT2D eigenvalue weighted by Gasteiger charge is 2.57. The first-order chi connectivity index (χ1) is 10.2. The molecule has 0 fully saturated rings. The number of nitrogens with one attached hydrogen (secondary N) is 1. The van der Waals surface area contributed by atoms with Crippen LogP contribution in [0.25, 0.3) is 0 Å². The van der Waals surface area contributed by atoms with E-state index in [1.807, 2.05) is 20.8 Å². The van der Waals surface area contributed by atoms with E-state index < -0.39 is 24.5 Å². The second kappa shape index (κ2) is 6.29. The maximum Gasteiger partial charge on any atom is 0.417 e. The van der Waals surface area contributed by atoms with Crippen molar-refractivity contribution < 1.29 is 35.9 Å². The highest BCUT2D eigenvalue weighted by molar-refractivity contribution is 5.71. The summed E-state index contributed by atoms with van der Waals surface area (Å²) < 4.78 is 78.3. The lowest BCUT2D eigenvalue weighted by atomic mass is 9.87. The molecule has 0 radical (unpaired) electrons. The molecule has 23 heavy (non-hydrogen) atoms. The van der Waals surface area contributed by atoms with Gasteiger partial charge in [-0.3, -0.25) is 0 Å². The standard InChI is InChI=1S/C14H15F6NO2/c1-12(2,3)8-4-6-9(7-5-8)23-11(22)21-10(13(15,16)17)14(18,19)20/h4-7,10H,1-3H3,(H,21,22). The number of amides is 1. The molecule has 0 saturated carbocycles. The van der Waals surface area contributed by atoms with Crippen LogP contribution in [0.15, 0.2) is 24.3 Å². The van der Waals surface area contributed by atoms with Crippen molar-refractivity contribution in [2.75, 3.05) is 0 Å². The van der Waals surface area contributed by atoms with Crippen molar-refractivity contribution in [2.24, 2.45) is 0 Å². The van der Waals surface area contributed by atoms with Crippen LogP contribution in [0.3, 0.4) is 0 Å². The van der Waals surface area contributed by atoms with E-state index in [0.717, 1.165) is 10.9 Å². The zero-order valence-electron chi connectivity index (χ0n) is 12.5. The third-order valence-corrected chi connectivity index (χ3v) is 2.85. The zero-order valence-corrected chi connectivity index (χ0v) is 12.5. The number of carbonyl (C=O) groups excluding carboxylic acids is 1. The van der Waals surface area contributed by atoms with Gasteiger partial charge in [-0.25, -0.2) is 4.79 Å². The van der Waals surface area contributed by atoms with Gasteiger partial charge in [0.05, 0.1) is 0 Å². The normalized spacial score (nSPS) is 13.1. The molecule has 1 rings (SSSR count). The largest absolute Gasteiger partial charge is 0.417 e. The van der Waals surface area contributed by atoms with Crippen LogP contribution in [0.2, 0.25) is 0 Å². The molecule has 0 bridgehead atoms. The number of ether oxygens (including phenoxy) is 1. The molecule has 0 aliphatic carbocycles. The smallest absolute Gasteiger partial charge is 0.410 e. The topological polar surface area (TPSA) is 38.3 Å². The van der Waals surface area contributed by atoms with Crippen LogP contribution in [-0.4, -0.2) is 24.5 Å². The Morgan fingerprint density at radius 3 is 1.74 bits per heavy atom. The molecule has 1 aromatic rings. The van der Waals surface area contributed by atoms with Gasteiger partial charge in [0.25, 0.3) is 0 Å². The predicted octanol–water partition coefficient (Wildman–Crippen LogP) is 4.57. The van der Waals surface area contributed by atoms with Gasteiger partial charge in [-0.2, -0.15) is 26.3 Å². The van der Waals surface area contributed by atoms with E-state index in [0.29, 0.717) is 0 Å². The maximum absolute atomic E-state index is 12.3. The number of carbonyl (C=O) groups is 1. The summed E-state index contributed by atoms with van der Waals surface area (Å²) in [5.41, 5.74) is 0.645. The molecule has 0 aliphatic heterocycles. The second-order valence-electron chi connectivity index (χ2n) is 5.82. The Hall–Kier alpha value is -1.93. The molecule has 0 aromatic heterocycles. The van der Waals surface area contributed by atoms with E-state index in [2.05, 4.69) is 4.74 Å². The number of hydrogen-bond donors (Lipinski definition) is 1. The monoisotopic (exact) mass is 343 g/mol. The third kappa shape index (κ3) is 5.65. The summed E-state index contributed by atoms with van der Waals surface area (Å²) in [6.07, 6.45) is -13.2. The maximum atomic E-state index is 12.3. The van der Waals surface area contributed by atoms with Crippen molar-refractivity contribution in [2.45, 2.75) is 44.6 Å². The van der Waals surface area contributed by atoms with E-state index in [1.165, 1.54) is 12.1 Å². The van der Waals surface area contributed by atoms with E-state index >= 15 is 0 Å². The van der Waals surface area contributed by atoms with Crippen LogP contribution in [-0.2, 0) is 5.41 Å². The molecule has 0 aliphatic rings. The van der Waals surface area contributed by atoms with Crippen molar-refractivity contribution in [3.63, 3.8) is 0 Å². The fraction of sp³-hybridized carbons (Fsp3) is 0.500. The van der Waals surface area contributed by atoms with Crippen molar-refractivity contribution in [3.8, 4) is 5.75 Å². The quantitative estimate of drug-likeness (QED) is 0.799. The van der Waals surface area contributed by atoms with Crippen LogP contribution in [0.4, 0.5) is 31.1 Å². The summed E-state index contributed by atoms with van der Waals surface area (Å²) in [5, 5.41) is 0.779. The average Bonchev–Trinajstić information content (AvgIpc) is 2.33. The molecule has 1 amide bonds. The van der Waals surface area contributed by atoms with Crippen LogP contribution in [0.5, 0.6) is 5.75 Å². The summed E-state index contributed by atoms with van der Waals surface area (Å²) in [7, 11) is 0. The number of alkyl halides is 6. The Kier molecular flexibility index (Phi) is 5.23. The fourth-order valence-corrected chi connectivity index (χ4v) is 1.63. The number of benzene rings is 1. The molecule has 0 unspecified atom stereocenters. The van der Waals surface area contributed by atoms with Crippen molar-refractivity contribution >= 4 is 6.09 Å². The van der Waals surface area contributed by atoms with Gasteiger partial charge in [0.1, 0.15) is 5.75 Å². The lowest BCUT2D eigenvalue weighted by Gasteiger charge is -2.23. The Morgan fingerprint density at radius 1 is 0.957 bits per heavy atom. The van der Waals surface area contributed by atoms with E-state index in [-0.39, 0.29) is 11.2 Å². The van der Waals surface area contributed by atoms with Crippen LogP contribution >= 0.6 is 0 Å². The zero-order chi connectivity index (χ0) is 18.1. The summed E-state index contributed by atoms with van der Waals surface area (Å²) in [6.45, 7) is 5.73. The Morgan fingerprint density at radius 2 is 1.39 bits per heavy atom. The molecule has 130 valence electrons. The molecule has 9 heteroatoms. The highest BCUT2D eigenvalue weighted by atomic mass is 19.4. The minimum Gasteiger partial charge on any atom is -0.410 e. The Labute approximate surface area is 128 Å². The molecule has 3 nitrogen and oxygen atoms in total. The minimum absolute atomic E-state index is 0.168. The van der Waals surface area contributed by atoms with Gasteiger partial charge in [0.15, 0.2) is 0 Å². The Balaban J connectivity index is 2.80.